The average molecular weight is 311 g/mol. The van der Waals surface area contributed by atoms with Crippen LogP contribution in [0.2, 0.25) is 0 Å². The highest BCUT2D eigenvalue weighted by atomic mass is 16.5. The maximum absolute atomic E-state index is 12.2. The summed E-state index contributed by atoms with van der Waals surface area (Å²) >= 11 is 0. The van der Waals surface area contributed by atoms with Gasteiger partial charge in [0.25, 0.3) is 11.5 Å². The molecule has 0 aliphatic carbocycles. The van der Waals surface area contributed by atoms with E-state index < -0.39 is 0 Å². The molecule has 1 rings (SSSR count). The van der Waals surface area contributed by atoms with Crippen molar-refractivity contribution in [2.75, 3.05) is 39.5 Å². The number of nitrogens with two attached hydrogens (primary N) is 1. The maximum atomic E-state index is 12.2. The third-order valence-corrected chi connectivity index (χ3v) is 3.19. The van der Waals surface area contributed by atoms with Crippen molar-refractivity contribution in [1.29, 1.82) is 0 Å². The zero-order chi connectivity index (χ0) is 16.4. The van der Waals surface area contributed by atoms with Crippen LogP contribution in [0.15, 0.2) is 23.1 Å². The van der Waals surface area contributed by atoms with Crippen molar-refractivity contribution in [3.05, 3.63) is 28.7 Å². The summed E-state index contributed by atoms with van der Waals surface area (Å²) in [5.74, 6) is 0.0351. The second kappa shape index (κ2) is 9.97. The number of likely N-dealkylation sites (N-methyl/N-ethyl adjacent to an activating group) is 1. The Balaban J connectivity index is 2.61. The number of ether oxygens (including phenoxy) is 2. The van der Waals surface area contributed by atoms with E-state index in [4.69, 9.17) is 15.2 Å². The molecular formula is C15H25N3O4. The fraction of sp³-hybridized carbons (Fsp3) is 0.600. The normalized spacial score (nSPS) is 10.5. The molecule has 0 aliphatic rings. The number of nitrogens with zero attached hydrogens (tertiary/aromatic N) is 2. The highest BCUT2D eigenvalue weighted by Crippen LogP contribution is 2.03. The molecule has 1 heterocycles. The van der Waals surface area contributed by atoms with E-state index in [2.05, 4.69) is 0 Å². The van der Waals surface area contributed by atoms with Crippen molar-refractivity contribution in [3.8, 4) is 5.75 Å². The fourth-order valence-corrected chi connectivity index (χ4v) is 1.96. The summed E-state index contributed by atoms with van der Waals surface area (Å²) in [6.45, 7) is 6.64. The molecule has 22 heavy (non-hydrogen) atoms. The lowest BCUT2D eigenvalue weighted by molar-refractivity contribution is -0.133. The van der Waals surface area contributed by atoms with E-state index in [1.54, 1.807) is 23.2 Å². The van der Waals surface area contributed by atoms with Gasteiger partial charge in [-0.1, -0.05) is 0 Å². The van der Waals surface area contributed by atoms with Gasteiger partial charge in [-0.05, 0) is 26.0 Å². The molecule has 0 saturated heterocycles. The van der Waals surface area contributed by atoms with E-state index in [-0.39, 0.29) is 23.8 Å². The van der Waals surface area contributed by atoms with Crippen LogP contribution in [0.3, 0.4) is 0 Å². The molecule has 0 spiro atoms. The molecule has 7 nitrogen and oxygen atoms in total. The Morgan fingerprint density at radius 1 is 1.32 bits per heavy atom. The summed E-state index contributed by atoms with van der Waals surface area (Å²) in [4.78, 5) is 25.7. The highest BCUT2D eigenvalue weighted by Gasteiger charge is 2.12. The monoisotopic (exact) mass is 311 g/mol. The Kier molecular flexibility index (Phi) is 8.24. The lowest BCUT2D eigenvalue weighted by Crippen LogP contribution is -2.35. The molecular weight excluding hydrogens is 286 g/mol. The number of hydrogen-bond donors (Lipinski definition) is 1. The second-order valence-electron chi connectivity index (χ2n) is 4.63. The second-order valence-corrected chi connectivity index (χ2v) is 4.63. The van der Waals surface area contributed by atoms with Crippen molar-refractivity contribution in [2.45, 2.75) is 20.4 Å². The van der Waals surface area contributed by atoms with E-state index in [1.165, 1.54) is 4.57 Å². The number of hydrogen-bond acceptors (Lipinski definition) is 5. The first-order chi connectivity index (χ1) is 10.6. The number of carbonyl (C=O) groups excluding carboxylic acids is 1. The van der Waals surface area contributed by atoms with Gasteiger partial charge in [-0.25, -0.2) is 0 Å². The van der Waals surface area contributed by atoms with Crippen LogP contribution in [0.1, 0.15) is 13.8 Å². The third kappa shape index (κ3) is 5.50. The quantitative estimate of drug-likeness (QED) is 0.618. The van der Waals surface area contributed by atoms with Gasteiger partial charge < -0.3 is 24.7 Å². The van der Waals surface area contributed by atoms with Crippen molar-refractivity contribution < 1.29 is 14.3 Å². The van der Waals surface area contributed by atoms with Gasteiger partial charge in [-0.15, -0.1) is 0 Å². The van der Waals surface area contributed by atoms with Gasteiger partial charge in [0.15, 0.2) is 12.4 Å². The highest BCUT2D eigenvalue weighted by molar-refractivity contribution is 5.77. The number of rotatable bonds is 10. The number of carbonyl (C=O) groups is 1. The molecule has 0 atom stereocenters. The van der Waals surface area contributed by atoms with Crippen LogP contribution in [0.5, 0.6) is 5.75 Å². The summed E-state index contributed by atoms with van der Waals surface area (Å²) in [6.07, 6.45) is 1.66. The molecule has 0 unspecified atom stereocenters. The molecule has 7 heteroatoms. The standard InChI is InChI=1S/C15H25N3O4/c1-3-17(4-2)14(19)12-22-13-6-5-8-18(15(13)20)9-11-21-10-7-16/h5-6,8H,3-4,7,9-12,16H2,1-2H3. The van der Waals surface area contributed by atoms with Gasteiger partial charge in [0.05, 0.1) is 13.2 Å². The molecule has 2 N–H and O–H groups in total. The van der Waals surface area contributed by atoms with Gasteiger partial charge in [0, 0.05) is 32.4 Å². The molecule has 0 fully saturated rings. The molecule has 0 saturated carbocycles. The maximum Gasteiger partial charge on any atom is 0.292 e. The van der Waals surface area contributed by atoms with E-state index in [1.807, 2.05) is 13.8 Å². The summed E-state index contributed by atoms with van der Waals surface area (Å²) in [6, 6.07) is 3.27. The summed E-state index contributed by atoms with van der Waals surface area (Å²) in [7, 11) is 0. The third-order valence-electron chi connectivity index (χ3n) is 3.19. The molecule has 1 aromatic heterocycles. The molecule has 1 aromatic rings. The molecule has 0 radical (unpaired) electrons. The SMILES string of the molecule is CCN(CC)C(=O)COc1cccn(CCOCCN)c1=O. The fourth-order valence-electron chi connectivity index (χ4n) is 1.96. The molecule has 1 amide bonds. The summed E-state index contributed by atoms with van der Waals surface area (Å²) in [5.41, 5.74) is 5.06. The minimum Gasteiger partial charge on any atom is -0.478 e. The van der Waals surface area contributed by atoms with E-state index in [0.29, 0.717) is 39.4 Å². The first-order valence-electron chi connectivity index (χ1n) is 7.51. The van der Waals surface area contributed by atoms with Crippen LogP contribution in [-0.4, -0.2) is 54.8 Å². The van der Waals surface area contributed by atoms with Crippen molar-refractivity contribution >= 4 is 5.91 Å². The first kappa shape index (κ1) is 18.2. The van der Waals surface area contributed by atoms with Crippen LogP contribution in [0.4, 0.5) is 0 Å². The Labute approximate surface area is 130 Å². The van der Waals surface area contributed by atoms with Crippen LogP contribution in [-0.2, 0) is 16.1 Å². The largest absolute Gasteiger partial charge is 0.478 e. The van der Waals surface area contributed by atoms with Crippen LogP contribution in [0, 0.1) is 0 Å². The summed E-state index contributed by atoms with van der Waals surface area (Å²) < 4.78 is 12.1. The van der Waals surface area contributed by atoms with Crippen LogP contribution in [0.25, 0.3) is 0 Å². The Morgan fingerprint density at radius 2 is 2.05 bits per heavy atom. The molecule has 0 aromatic carbocycles. The van der Waals surface area contributed by atoms with Gasteiger partial charge in [-0.2, -0.15) is 0 Å². The van der Waals surface area contributed by atoms with E-state index >= 15 is 0 Å². The zero-order valence-electron chi connectivity index (χ0n) is 13.3. The number of aromatic nitrogens is 1. The minimum absolute atomic E-state index is 0.133. The van der Waals surface area contributed by atoms with Crippen LogP contribution >= 0.6 is 0 Å². The topological polar surface area (TPSA) is 86.8 Å². The van der Waals surface area contributed by atoms with E-state index in [9.17, 15) is 9.59 Å². The van der Waals surface area contributed by atoms with Gasteiger partial charge in [-0.3, -0.25) is 9.59 Å². The predicted octanol–water partition coefficient (Wildman–Crippen LogP) is 0.0708. The lowest BCUT2D eigenvalue weighted by atomic mass is 10.4. The Bertz CT molecular complexity index is 512. The Hall–Kier alpha value is -1.86. The lowest BCUT2D eigenvalue weighted by Gasteiger charge is -2.18. The van der Waals surface area contributed by atoms with Gasteiger partial charge in [0.2, 0.25) is 0 Å². The van der Waals surface area contributed by atoms with E-state index in [0.717, 1.165) is 0 Å². The average Bonchev–Trinajstić information content (AvgIpc) is 2.53. The molecule has 0 aliphatic heterocycles. The van der Waals surface area contributed by atoms with Crippen molar-refractivity contribution in [3.63, 3.8) is 0 Å². The van der Waals surface area contributed by atoms with Gasteiger partial charge in [0.1, 0.15) is 0 Å². The first-order valence-corrected chi connectivity index (χ1v) is 7.51. The Morgan fingerprint density at radius 3 is 2.68 bits per heavy atom. The molecule has 124 valence electrons. The van der Waals surface area contributed by atoms with Crippen molar-refractivity contribution in [2.24, 2.45) is 5.73 Å². The number of amides is 1. The van der Waals surface area contributed by atoms with Crippen LogP contribution < -0.4 is 16.0 Å². The zero-order valence-corrected chi connectivity index (χ0v) is 13.3. The number of pyridine rings is 1. The minimum atomic E-state index is -0.272. The van der Waals surface area contributed by atoms with Crippen molar-refractivity contribution in [1.82, 2.24) is 9.47 Å². The smallest absolute Gasteiger partial charge is 0.292 e. The molecule has 0 bridgehead atoms. The van der Waals surface area contributed by atoms with Gasteiger partial charge >= 0.3 is 0 Å². The predicted molar refractivity (Wildman–Crippen MR) is 84.0 cm³/mol. The summed E-state index contributed by atoms with van der Waals surface area (Å²) in [5, 5.41) is 0.